The third-order valence-electron chi connectivity index (χ3n) is 4.23. The summed E-state index contributed by atoms with van der Waals surface area (Å²) >= 11 is 0. The zero-order chi connectivity index (χ0) is 21.1. The molecule has 0 aromatic heterocycles. The minimum Gasteiger partial charge on any atom is -0.497 e. The van der Waals surface area contributed by atoms with Gasteiger partial charge in [0.25, 0.3) is 0 Å². The number of rotatable bonds is 10. The lowest BCUT2D eigenvalue weighted by atomic mass is 10.2. The van der Waals surface area contributed by atoms with E-state index in [0.717, 1.165) is 10.5 Å². The highest BCUT2D eigenvalue weighted by molar-refractivity contribution is 5.90. The molecule has 7 heteroatoms. The van der Waals surface area contributed by atoms with Gasteiger partial charge in [-0.1, -0.05) is 30.3 Å². The number of imide groups is 1. The predicted octanol–water partition coefficient (Wildman–Crippen LogP) is 3.80. The lowest BCUT2D eigenvalue weighted by Crippen LogP contribution is -2.36. The molecule has 0 unspecified atom stereocenters. The van der Waals surface area contributed by atoms with Crippen LogP contribution in [0.2, 0.25) is 0 Å². The largest absolute Gasteiger partial charge is 0.497 e. The molecule has 0 saturated carbocycles. The molecule has 0 aliphatic rings. The van der Waals surface area contributed by atoms with Crippen molar-refractivity contribution in [1.29, 1.82) is 0 Å². The molecule has 0 bridgehead atoms. The summed E-state index contributed by atoms with van der Waals surface area (Å²) < 4.78 is 21.3. The lowest BCUT2D eigenvalue weighted by molar-refractivity contribution is -0.127. The molecule has 0 spiro atoms. The molecule has 2 rings (SSSR count). The fourth-order valence-electron chi connectivity index (χ4n) is 2.65. The summed E-state index contributed by atoms with van der Waals surface area (Å²) in [7, 11) is 3.08. The number of ether oxygens (including phenoxy) is 4. The first-order valence-electron chi connectivity index (χ1n) is 9.32. The molecule has 0 fully saturated rings. The highest BCUT2D eigenvalue weighted by Gasteiger charge is 2.20. The summed E-state index contributed by atoms with van der Waals surface area (Å²) in [5.41, 5.74) is 1.75. The smallest absolute Gasteiger partial charge is 0.416 e. The highest BCUT2D eigenvalue weighted by Crippen LogP contribution is 2.25. The fourth-order valence-corrected chi connectivity index (χ4v) is 2.65. The highest BCUT2D eigenvalue weighted by atomic mass is 16.6. The first-order valence-corrected chi connectivity index (χ1v) is 9.32. The van der Waals surface area contributed by atoms with Gasteiger partial charge in [-0.05, 0) is 24.1 Å². The van der Waals surface area contributed by atoms with Gasteiger partial charge in [-0.25, -0.2) is 9.69 Å². The fraction of sp³-hybridized carbons (Fsp3) is 0.364. The maximum absolute atomic E-state index is 12.3. The van der Waals surface area contributed by atoms with Gasteiger partial charge in [-0.15, -0.1) is 0 Å². The Hall–Kier alpha value is -3.06. The zero-order valence-electron chi connectivity index (χ0n) is 17.1. The third kappa shape index (κ3) is 7.12. The van der Waals surface area contributed by atoms with E-state index in [4.69, 9.17) is 18.9 Å². The van der Waals surface area contributed by atoms with Crippen LogP contribution in [0.3, 0.4) is 0 Å². The Balaban J connectivity index is 1.80. The van der Waals surface area contributed by atoms with E-state index in [1.165, 1.54) is 14.0 Å². The van der Waals surface area contributed by atoms with Gasteiger partial charge in [0.05, 0.1) is 20.8 Å². The van der Waals surface area contributed by atoms with Crippen molar-refractivity contribution in [2.24, 2.45) is 0 Å². The number of carbonyl (C=O) groups excluding carboxylic acids is 2. The molecular formula is C22H27NO6. The van der Waals surface area contributed by atoms with E-state index in [1.807, 2.05) is 30.3 Å². The van der Waals surface area contributed by atoms with Crippen molar-refractivity contribution in [1.82, 2.24) is 4.90 Å². The maximum atomic E-state index is 12.3. The second kappa shape index (κ2) is 11.7. The second-order valence-electron chi connectivity index (χ2n) is 6.29. The second-order valence-corrected chi connectivity index (χ2v) is 6.29. The molecule has 2 aromatic carbocycles. The Morgan fingerprint density at radius 2 is 1.72 bits per heavy atom. The minimum atomic E-state index is -0.696. The third-order valence-corrected chi connectivity index (χ3v) is 4.23. The van der Waals surface area contributed by atoms with Gasteiger partial charge in [-0.2, -0.15) is 0 Å². The number of benzene rings is 2. The van der Waals surface area contributed by atoms with Gasteiger partial charge in [0, 0.05) is 31.7 Å². The van der Waals surface area contributed by atoms with Gasteiger partial charge >= 0.3 is 6.09 Å². The van der Waals surface area contributed by atoms with Crippen molar-refractivity contribution < 1.29 is 28.5 Å². The van der Waals surface area contributed by atoms with Crippen LogP contribution in [-0.4, -0.2) is 44.3 Å². The van der Waals surface area contributed by atoms with Crippen molar-refractivity contribution >= 4 is 12.0 Å². The van der Waals surface area contributed by atoms with E-state index >= 15 is 0 Å². The van der Waals surface area contributed by atoms with Crippen molar-refractivity contribution in [2.45, 2.75) is 26.6 Å². The van der Waals surface area contributed by atoms with Gasteiger partial charge in [0.15, 0.2) is 0 Å². The van der Waals surface area contributed by atoms with Crippen LogP contribution < -0.4 is 9.47 Å². The molecule has 0 aliphatic carbocycles. The number of hydrogen-bond acceptors (Lipinski definition) is 6. The van der Waals surface area contributed by atoms with Crippen molar-refractivity contribution in [3.05, 3.63) is 59.7 Å². The van der Waals surface area contributed by atoms with Gasteiger partial charge in [-0.3, -0.25) is 4.79 Å². The molecule has 2 aromatic rings. The minimum absolute atomic E-state index is 0.0136. The normalized spacial score (nSPS) is 10.3. The predicted molar refractivity (Wildman–Crippen MR) is 108 cm³/mol. The summed E-state index contributed by atoms with van der Waals surface area (Å²) in [5.74, 6) is 0.804. The molecule has 0 radical (unpaired) electrons. The van der Waals surface area contributed by atoms with Crippen LogP contribution in [0.4, 0.5) is 4.79 Å². The lowest BCUT2D eigenvalue weighted by Gasteiger charge is -2.19. The quantitative estimate of drug-likeness (QED) is 0.564. The summed E-state index contributed by atoms with van der Waals surface area (Å²) in [5, 5.41) is 0. The molecule has 0 heterocycles. The summed E-state index contributed by atoms with van der Waals surface area (Å²) in [6, 6.07) is 15.0. The number of methoxy groups -OCH3 is 2. The number of amides is 2. The zero-order valence-corrected chi connectivity index (χ0v) is 17.1. The van der Waals surface area contributed by atoms with Crippen molar-refractivity contribution in [3.63, 3.8) is 0 Å². The first kappa shape index (κ1) is 22.2. The molecule has 156 valence electrons. The molecule has 2 amide bonds. The van der Waals surface area contributed by atoms with E-state index in [1.54, 1.807) is 25.3 Å². The molecule has 7 nitrogen and oxygen atoms in total. The van der Waals surface area contributed by atoms with Crippen LogP contribution in [0.15, 0.2) is 48.5 Å². The number of hydrogen-bond donors (Lipinski definition) is 0. The molecule has 29 heavy (non-hydrogen) atoms. The molecule has 0 N–H and O–H groups in total. The van der Waals surface area contributed by atoms with E-state index in [0.29, 0.717) is 36.7 Å². The van der Waals surface area contributed by atoms with Crippen LogP contribution in [0.5, 0.6) is 11.5 Å². The van der Waals surface area contributed by atoms with Crippen molar-refractivity contribution in [2.75, 3.05) is 27.4 Å². The van der Waals surface area contributed by atoms with Crippen LogP contribution in [0, 0.1) is 0 Å². The Bertz CT molecular complexity index is 793. The molecular weight excluding hydrogens is 374 g/mol. The number of carbonyl (C=O) groups is 2. The van der Waals surface area contributed by atoms with Crippen molar-refractivity contribution in [3.8, 4) is 11.5 Å². The SMILES string of the molecule is COc1ccc(COC(=O)N(CCCOCc2ccccc2)C(C)=O)c(OC)c1. The standard InChI is InChI=1S/C22H27NO6/c1-17(24)23(12-7-13-28-15-18-8-5-4-6-9-18)22(25)29-16-19-10-11-20(26-2)14-21(19)27-3/h4-6,8-11,14H,7,12-13,15-16H2,1-3H3. The van der Waals surface area contributed by atoms with E-state index in [-0.39, 0.29) is 19.1 Å². The van der Waals surface area contributed by atoms with Crippen LogP contribution in [0.25, 0.3) is 0 Å². The summed E-state index contributed by atoms with van der Waals surface area (Å²) in [6.07, 6.45) is -0.175. The van der Waals surface area contributed by atoms with Crippen LogP contribution in [0.1, 0.15) is 24.5 Å². The van der Waals surface area contributed by atoms with E-state index < -0.39 is 6.09 Å². The molecule has 0 aliphatic heterocycles. The maximum Gasteiger partial charge on any atom is 0.416 e. The van der Waals surface area contributed by atoms with E-state index in [2.05, 4.69) is 0 Å². The van der Waals surface area contributed by atoms with E-state index in [9.17, 15) is 9.59 Å². The van der Waals surface area contributed by atoms with Gasteiger partial charge in [0.1, 0.15) is 18.1 Å². The summed E-state index contributed by atoms with van der Waals surface area (Å²) in [6.45, 7) is 2.46. The average Bonchev–Trinajstić information content (AvgIpc) is 2.74. The summed E-state index contributed by atoms with van der Waals surface area (Å²) in [4.78, 5) is 25.2. The van der Waals surface area contributed by atoms with Gasteiger partial charge in [0.2, 0.25) is 5.91 Å². The van der Waals surface area contributed by atoms with Crippen LogP contribution in [-0.2, 0) is 27.5 Å². The van der Waals surface area contributed by atoms with Gasteiger partial charge < -0.3 is 18.9 Å². The Morgan fingerprint density at radius 3 is 2.38 bits per heavy atom. The Kier molecular flexibility index (Phi) is 8.98. The monoisotopic (exact) mass is 401 g/mol. The molecule has 0 atom stereocenters. The Morgan fingerprint density at radius 1 is 0.966 bits per heavy atom. The number of nitrogens with zero attached hydrogens (tertiary/aromatic N) is 1. The Labute approximate surface area is 171 Å². The molecule has 0 saturated heterocycles. The van der Waals surface area contributed by atoms with Crippen LogP contribution >= 0.6 is 0 Å². The topological polar surface area (TPSA) is 74.3 Å². The average molecular weight is 401 g/mol. The first-order chi connectivity index (χ1) is 14.0.